The Balaban J connectivity index is 1.44. The van der Waals surface area contributed by atoms with E-state index in [9.17, 15) is 76.3 Å². The summed E-state index contributed by atoms with van der Waals surface area (Å²) in [5, 5.41) is 144. The number of aliphatic hydroxyl groups excluding tert-OH is 10. The minimum Gasteiger partial charge on any atom is -0.507 e. The van der Waals surface area contributed by atoms with E-state index in [1.54, 1.807) is 0 Å². The van der Waals surface area contributed by atoms with Crippen molar-refractivity contribution in [1.82, 2.24) is 0 Å². The molecule has 2 aromatic carbocycles. The SMILES string of the molecule is C[C@@H]1O[C@@H](Oc2c(-c3cc(O)c(O)c(O)c3)oc3cc(O[C@@H]4O[C@H](CO)[C@@H](O)[C@H](O)[C@H]4O)cc(O)c3c2=O)[C@H](O[C@@H]2O[C@H](CO)[C@@H](O)[C@H](O)[C@H]2O)[C@H](O)[C@H]1O. The second-order valence-electron chi connectivity index (χ2n) is 13.2. The number of aromatic hydroxyl groups is 4. The van der Waals surface area contributed by atoms with E-state index >= 15 is 0 Å². The van der Waals surface area contributed by atoms with Crippen molar-refractivity contribution in [3.63, 3.8) is 0 Å². The molecule has 3 aliphatic rings. The van der Waals surface area contributed by atoms with Gasteiger partial charge in [-0.3, -0.25) is 4.79 Å². The first kappa shape index (κ1) is 40.6. The Morgan fingerprint density at radius 1 is 0.618 bits per heavy atom. The average Bonchev–Trinajstić information content (AvgIpc) is 3.15. The summed E-state index contributed by atoms with van der Waals surface area (Å²) < 4.78 is 39.5. The molecule has 15 atom stereocenters. The molecule has 0 spiro atoms. The Labute approximate surface area is 307 Å². The van der Waals surface area contributed by atoms with Crippen LogP contribution in [-0.4, -0.2) is 177 Å². The largest absolute Gasteiger partial charge is 0.507 e. The lowest BCUT2D eigenvalue weighted by Crippen LogP contribution is -2.64. The van der Waals surface area contributed by atoms with Gasteiger partial charge in [-0.05, 0) is 19.1 Å². The predicted molar refractivity (Wildman–Crippen MR) is 175 cm³/mol. The average molecular weight is 789 g/mol. The molecular formula is C33H40O22. The van der Waals surface area contributed by atoms with Crippen LogP contribution in [-0.2, 0) is 18.9 Å². The standard InChI is InChI=1S/C33H40O22/c1-8-18(39)25(46)30(55-32-27(48)24(45)21(42)16(7-35)53-32)33(49-8)54-29-22(43)17-11(36)4-10(50-31-26(47)23(44)20(41)15(6-34)52-31)5-14(17)51-28(29)9-2-12(37)19(40)13(38)3-9/h2-5,8,15-16,18,20-21,23-27,30-42,44-48H,6-7H2,1H3/t8-,15+,16+,18-,20+,21+,23-,24-,25+,26+,27+,30+,31+,32-,33-/m0/s1. The summed E-state index contributed by atoms with van der Waals surface area (Å²) in [7, 11) is 0. The van der Waals surface area contributed by atoms with Crippen LogP contribution in [0.25, 0.3) is 22.3 Å². The van der Waals surface area contributed by atoms with Gasteiger partial charge in [0.15, 0.2) is 35.4 Å². The van der Waals surface area contributed by atoms with Crippen molar-refractivity contribution in [1.29, 1.82) is 0 Å². The van der Waals surface area contributed by atoms with E-state index in [2.05, 4.69) is 0 Å². The summed E-state index contributed by atoms with van der Waals surface area (Å²) in [6.45, 7) is -0.327. The number of aliphatic hydroxyl groups is 10. The Morgan fingerprint density at radius 2 is 1.18 bits per heavy atom. The molecule has 6 rings (SSSR count). The summed E-state index contributed by atoms with van der Waals surface area (Å²) in [5.41, 5.74) is -2.03. The van der Waals surface area contributed by atoms with Crippen LogP contribution >= 0.6 is 0 Å². The van der Waals surface area contributed by atoms with E-state index in [0.29, 0.717) is 0 Å². The van der Waals surface area contributed by atoms with Crippen molar-refractivity contribution in [3.05, 3.63) is 34.5 Å². The van der Waals surface area contributed by atoms with Crippen LogP contribution in [0.2, 0.25) is 0 Å². The lowest BCUT2D eigenvalue weighted by atomic mass is 9.97. The molecule has 1 aromatic heterocycles. The van der Waals surface area contributed by atoms with Crippen molar-refractivity contribution in [2.75, 3.05) is 13.2 Å². The van der Waals surface area contributed by atoms with Crippen molar-refractivity contribution in [2.45, 2.75) is 99.0 Å². The van der Waals surface area contributed by atoms with Gasteiger partial charge in [0.05, 0.1) is 19.3 Å². The van der Waals surface area contributed by atoms with E-state index < -0.39 is 156 Å². The minimum atomic E-state index is -2.00. The zero-order valence-corrected chi connectivity index (χ0v) is 28.4. The Bertz CT molecular complexity index is 1880. The molecule has 14 N–H and O–H groups in total. The van der Waals surface area contributed by atoms with Gasteiger partial charge >= 0.3 is 0 Å². The number of ether oxygens (including phenoxy) is 6. The number of fused-ring (bicyclic) bond motifs is 1. The molecule has 0 saturated carbocycles. The summed E-state index contributed by atoms with van der Waals surface area (Å²) in [5.74, 6) is -5.48. The van der Waals surface area contributed by atoms with E-state index in [0.717, 1.165) is 24.3 Å². The first-order valence-electron chi connectivity index (χ1n) is 16.7. The van der Waals surface area contributed by atoms with Gasteiger partial charge in [-0.1, -0.05) is 0 Å². The van der Waals surface area contributed by atoms with E-state index in [1.165, 1.54) is 6.92 Å². The third-order valence-electron chi connectivity index (χ3n) is 9.50. The molecule has 0 unspecified atom stereocenters. The molecule has 3 fully saturated rings. The van der Waals surface area contributed by atoms with Gasteiger partial charge < -0.3 is 104 Å². The molecule has 0 radical (unpaired) electrons. The van der Waals surface area contributed by atoms with Gasteiger partial charge in [-0.25, -0.2) is 0 Å². The summed E-state index contributed by atoms with van der Waals surface area (Å²) in [6, 6.07) is 3.55. The van der Waals surface area contributed by atoms with E-state index in [4.69, 9.17) is 32.8 Å². The molecule has 0 amide bonds. The fourth-order valence-corrected chi connectivity index (χ4v) is 6.35. The highest BCUT2D eigenvalue weighted by molar-refractivity contribution is 5.88. The quantitative estimate of drug-likeness (QED) is 0.0908. The highest BCUT2D eigenvalue weighted by atomic mass is 16.8. The predicted octanol–water partition coefficient (Wildman–Crippen LogP) is -4.51. The number of benzene rings is 2. The van der Waals surface area contributed by atoms with Crippen LogP contribution < -0.4 is 14.9 Å². The molecule has 304 valence electrons. The van der Waals surface area contributed by atoms with Gasteiger partial charge in [0.25, 0.3) is 0 Å². The number of hydrogen-bond acceptors (Lipinski definition) is 22. The second-order valence-corrected chi connectivity index (χ2v) is 13.2. The molecule has 3 aromatic rings. The number of phenolic OH excluding ortho intramolecular Hbond substituents is 4. The Hall–Kier alpha value is -4.11. The van der Waals surface area contributed by atoms with Gasteiger partial charge in [-0.15, -0.1) is 0 Å². The molecule has 3 aliphatic heterocycles. The first-order chi connectivity index (χ1) is 26.0. The third kappa shape index (κ3) is 7.45. The maximum absolute atomic E-state index is 14.2. The third-order valence-corrected chi connectivity index (χ3v) is 9.50. The summed E-state index contributed by atoms with van der Waals surface area (Å²) >= 11 is 0. The van der Waals surface area contributed by atoms with Gasteiger partial charge in [0.2, 0.25) is 23.8 Å². The van der Waals surface area contributed by atoms with Crippen LogP contribution in [0.1, 0.15) is 6.92 Å². The van der Waals surface area contributed by atoms with Crippen LogP contribution in [0.3, 0.4) is 0 Å². The monoisotopic (exact) mass is 788 g/mol. The van der Waals surface area contributed by atoms with Crippen molar-refractivity contribution in [2.24, 2.45) is 0 Å². The van der Waals surface area contributed by atoms with Crippen molar-refractivity contribution in [3.8, 4) is 45.8 Å². The van der Waals surface area contributed by atoms with Crippen LogP contribution in [0, 0.1) is 0 Å². The van der Waals surface area contributed by atoms with Gasteiger partial charge in [0, 0.05) is 17.7 Å². The molecule has 4 heterocycles. The second kappa shape index (κ2) is 15.8. The van der Waals surface area contributed by atoms with Gasteiger partial charge in [-0.2, -0.15) is 0 Å². The zero-order chi connectivity index (χ0) is 40.2. The van der Waals surface area contributed by atoms with Crippen LogP contribution in [0.15, 0.2) is 33.5 Å². The fourth-order valence-electron chi connectivity index (χ4n) is 6.35. The van der Waals surface area contributed by atoms with E-state index in [1.807, 2.05) is 0 Å². The Morgan fingerprint density at radius 3 is 1.76 bits per heavy atom. The molecule has 0 aliphatic carbocycles. The van der Waals surface area contributed by atoms with Crippen LogP contribution in [0.5, 0.6) is 34.5 Å². The summed E-state index contributed by atoms with van der Waals surface area (Å²) in [4.78, 5) is 14.2. The highest BCUT2D eigenvalue weighted by Crippen LogP contribution is 2.44. The Kier molecular flexibility index (Phi) is 11.6. The minimum absolute atomic E-state index is 0.350. The smallest absolute Gasteiger partial charge is 0.239 e. The lowest BCUT2D eigenvalue weighted by Gasteiger charge is -2.45. The molecule has 22 heteroatoms. The van der Waals surface area contributed by atoms with E-state index in [-0.39, 0.29) is 11.3 Å². The molecular weight excluding hydrogens is 748 g/mol. The highest BCUT2D eigenvalue weighted by Gasteiger charge is 2.51. The lowest BCUT2D eigenvalue weighted by molar-refractivity contribution is -0.355. The zero-order valence-electron chi connectivity index (χ0n) is 28.4. The number of rotatable bonds is 9. The van der Waals surface area contributed by atoms with Crippen LogP contribution in [0.4, 0.5) is 0 Å². The number of phenols is 4. The first-order valence-corrected chi connectivity index (χ1v) is 16.7. The molecule has 0 bridgehead atoms. The van der Waals surface area contributed by atoms with Crippen molar-refractivity contribution < 1.29 is 104 Å². The number of hydrogen-bond donors (Lipinski definition) is 14. The summed E-state index contributed by atoms with van der Waals surface area (Å²) in [6.07, 6.45) is -26.3. The van der Waals surface area contributed by atoms with Crippen molar-refractivity contribution >= 4 is 11.0 Å². The topological polar surface area (TPSA) is 369 Å². The molecule has 3 saturated heterocycles. The maximum atomic E-state index is 14.2. The maximum Gasteiger partial charge on any atom is 0.239 e. The molecule has 22 nitrogen and oxygen atoms in total. The van der Waals surface area contributed by atoms with Gasteiger partial charge in [0.1, 0.15) is 83.5 Å². The molecule has 55 heavy (non-hydrogen) atoms. The normalized spacial score (nSPS) is 36.8. The fraction of sp³-hybridized carbons (Fsp3) is 0.545.